The first-order chi connectivity index (χ1) is 14.0. The van der Waals surface area contributed by atoms with Crippen molar-refractivity contribution in [1.29, 1.82) is 0 Å². The Morgan fingerprint density at radius 1 is 1.24 bits per heavy atom. The van der Waals surface area contributed by atoms with Gasteiger partial charge in [-0.15, -0.1) is 0 Å². The molecule has 3 aromatic rings. The summed E-state index contributed by atoms with van der Waals surface area (Å²) in [6, 6.07) is 8.37. The molecule has 1 aliphatic carbocycles. The van der Waals surface area contributed by atoms with E-state index in [0.717, 1.165) is 16.5 Å². The average molecular weight is 455 g/mol. The maximum atomic E-state index is 13.1. The van der Waals surface area contributed by atoms with E-state index in [0.29, 0.717) is 29.2 Å². The summed E-state index contributed by atoms with van der Waals surface area (Å²) in [6.45, 7) is 6.39. The van der Waals surface area contributed by atoms with Crippen LogP contribution >= 0.6 is 15.9 Å². The highest BCUT2D eigenvalue weighted by molar-refractivity contribution is 9.10. The van der Waals surface area contributed by atoms with Gasteiger partial charge in [0.25, 0.3) is 5.56 Å². The average Bonchev–Trinajstić information content (AvgIpc) is 3.30. The highest BCUT2D eigenvalue weighted by Crippen LogP contribution is 2.33. The third-order valence-electron chi connectivity index (χ3n) is 5.87. The number of benzene rings is 1. The van der Waals surface area contributed by atoms with Gasteiger partial charge >= 0.3 is 0 Å². The predicted molar refractivity (Wildman–Crippen MR) is 122 cm³/mol. The van der Waals surface area contributed by atoms with Crippen molar-refractivity contribution in [3.63, 3.8) is 0 Å². The summed E-state index contributed by atoms with van der Waals surface area (Å²) in [4.78, 5) is 17.9. The molecular formula is C23H27BrN4O. The highest BCUT2D eigenvalue weighted by Gasteiger charge is 2.21. The molecule has 0 atom stereocenters. The number of aromatic nitrogens is 3. The zero-order chi connectivity index (χ0) is 20.5. The monoisotopic (exact) mass is 454 g/mol. The quantitative estimate of drug-likeness (QED) is 0.476. The lowest BCUT2D eigenvalue weighted by Gasteiger charge is -2.17. The fourth-order valence-corrected chi connectivity index (χ4v) is 4.84. The van der Waals surface area contributed by atoms with Crippen molar-refractivity contribution in [1.82, 2.24) is 14.2 Å². The van der Waals surface area contributed by atoms with Gasteiger partial charge in [0.05, 0.1) is 17.1 Å². The number of hydrogen-bond donors (Lipinski definition) is 0. The third-order valence-corrected chi connectivity index (χ3v) is 6.37. The van der Waals surface area contributed by atoms with Crippen LogP contribution in [-0.2, 0) is 6.42 Å². The van der Waals surface area contributed by atoms with E-state index in [1.165, 1.54) is 41.7 Å². The van der Waals surface area contributed by atoms with Crippen LogP contribution in [0.5, 0.6) is 0 Å². The molecule has 29 heavy (non-hydrogen) atoms. The van der Waals surface area contributed by atoms with Crippen molar-refractivity contribution < 1.29 is 0 Å². The Hall–Kier alpha value is -2.21. The van der Waals surface area contributed by atoms with Crippen LogP contribution in [-0.4, -0.2) is 20.4 Å². The number of halogens is 1. The van der Waals surface area contributed by atoms with Gasteiger partial charge in [-0.25, -0.2) is 4.98 Å². The molecule has 152 valence electrons. The van der Waals surface area contributed by atoms with Crippen LogP contribution in [0.25, 0.3) is 10.9 Å². The van der Waals surface area contributed by atoms with Gasteiger partial charge in [0.2, 0.25) is 0 Å². The first-order valence-corrected chi connectivity index (χ1v) is 11.2. The zero-order valence-corrected chi connectivity index (χ0v) is 18.9. The Morgan fingerprint density at radius 3 is 2.72 bits per heavy atom. The van der Waals surface area contributed by atoms with Gasteiger partial charge in [0, 0.05) is 33.9 Å². The maximum absolute atomic E-state index is 13.1. The van der Waals surface area contributed by atoms with Crippen molar-refractivity contribution >= 4 is 33.0 Å². The summed E-state index contributed by atoms with van der Waals surface area (Å²) in [5, 5.41) is 5.18. The largest absolute Gasteiger partial charge is 0.345 e. The Morgan fingerprint density at radius 2 is 2.00 bits per heavy atom. The van der Waals surface area contributed by atoms with E-state index >= 15 is 0 Å². The molecule has 0 saturated heterocycles. The lowest BCUT2D eigenvalue weighted by molar-refractivity contribution is 0.500. The highest BCUT2D eigenvalue weighted by atomic mass is 79.9. The zero-order valence-electron chi connectivity index (χ0n) is 17.3. The van der Waals surface area contributed by atoms with E-state index in [1.807, 2.05) is 24.4 Å². The van der Waals surface area contributed by atoms with Crippen molar-refractivity contribution in [3.05, 3.63) is 61.9 Å². The van der Waals surface area contributed by atoms with Crippen LogP contribution in [0.2, 0.25) is 0 Å². The first-order valence-electron chi connectivity index (χ1n) is 10.4. The second-order valence-electron chi connectivity index (χ2n) is 7.94. The molecule has 1 aromatic carbocycles. The molecule has 1 fully saturated rings. The van der Waals surface area contributed by atoms with E-state index < -0.39 is 0 Å². The summed E-state index contributed by atoms with van der Waals surface area (Å²) in [7, 11) is 0. The normalized spacial score (nSPS) is 15.2. The molecule has 1 aliphatic rings. The molecule has 0 unspecified atom stereocenters. The molecule has 4 rings (SSSR count). The van der Waals surface area contributed by atoms with Crippen LogP contribution in [0.15, 0.2) is 38.6 Å². The smallest absolute Gasteiger partial charge is 0.282 e. The van der Waals surface area contributed by atoms with Crippen LogP contribution in [0.1, 0.15) is 67.8 Å². The minimum atomic E-state index is -0.124. The summed E-state index contributed by atoms with van der Waals surface area (Å²) in [5.41, 5.74) is 4.14. The van der Waals surface area contributed by atoms with Crippen molar-refractivity contribution in [2.75, 3.05) is 0 Å². The molecule has 0 N–H and O–H groups in total. The van der Waals surface area contributed by atoms with Crippen LogP contribution < -0.4 is 5.56 Å². The molecule has 0 aliphatic heterocycles. The summed E-state index contributed by atoms with van der Waals surface area (Å²) in [6.07, 6.45) is 8.53. The van der Waals surface area contributed by atoms with E-state index in [4.69, 9.17) is 4.98 Å². The van der Waals surface area contributed by atoms with Crippen LogP contribution in [0, 0.1) is 13.8 Å². The van der Waals surface area contributed by atoms with Gasteiger partial charge in [-0.2, -0.15) is 9.78 Å². The lowest BCUT2D eigenvalue weighted by Crippen LogP contribution is -2.22. The summed E-state index contributed by atoms with van der Waals surface area (Å²) in [5.74, 6) is 0.702. The number of fused-ring (bicyclic) bond motifs is 1. The predicted octanol–water partition coefficient (Wildman–Crippen LogP) is 5.53. The van der Waals surface area contributed by atoms with Gasteiger partial charge in [0.15, 0.2) is 0 Å². The number of rotatable bonds is 5. The van der Waals surface area contributed by atoms with E-state index in [1.54, 1.807) is 0 Å². The number of aryl methyl sites for hydroxylation is 2. The first kappa shape index (κ1) is 20.1. The molecule has 2 heterocycles. The molecule has 0 spiro atoms. The maximum Gasteiger partial charge on any atom is 0.282 e. The Labute approximate surface area is 179 Å². The molecule has 0 bridgehead atoms. The minimum absolute atomic E-state index is 0.124. The summed E-state index contributed by atoms with van der Waals surface area (Å²) < 4.78 is 4.78. The van der Waals surface area contributed by atoms with Gasteiger partial charge in [-0.3, -0.25) is 4.79 Å². The molecular weight excluding hydrogens is 428 g/mol. The van der Waals surface area contributed by atoms with E-state index in [2.05, 4.69) is 52.4 Å². The Kier molecular flexibility index (Phi) is 5.72. The fraction of sp³-hybridized carbons (Fsp3) is 0.435. The Bertz CT molecular complexity index is 1140. The Balaban J connectivity index is 1.78. The molecule has 1 saturated carbocycles. The second kappa shape index (κ2) is 8.27. The van der Waals surface area contributed by atoms with Crippen LogP contribution in [0.3, 0.4) is 0 Å². The number of nitrogens with zero attached hydrogens (tertiary/aromatic N) is 4. The van der Waals surface area contributed by atoms with Gasteiger partial charge in [-0.05, 0) is 57.4 Å². The van der Waals surface area contributed by atoms with Gasteiger partial charge < -0.3 is 4.57 Å². The fourth-order valence-electron chi connectivity index (χ4n) is 4.48. The summed E-state index contributed by atoms with van der Waals surface area (Å²) >= 11 is 3.45. The SMILES string of the molecule is CCCc1nc2ccc(Br)cc2c(=O)n1N=Cc1cc(C)n(C2CCCC2)c1C. The van der Waals surface area contributed by atoms with E-state index in [9.17, 15) is 4.79 Å². The topological polar surface area (TPSA) is 52.2 Å². The standard InChI is InChI=1S/C23H27BrN4O/c1-4-7-22-26-21-11-10-18(24)13-20(21)23(29)28(22)25-14-17-12-15(2)27(16(17)3)19-8-5-6-9-19/h10-14,19H,4-9H2,1-3H3. The van der Waals surface area contributed by atoms with Gasteiger partial charge in [-0.1, -0.05) is 35.7 Å². The molecule has 0 amide bonds. The molecule has 0 radical (unpaired) electrons. The third kappa shape index (κ3) is 3.82. The van der Waals surface area contributed by atoms with E-state index in [-0.39, 0.29) is 5.56 Å². The lowest BCUT2D eigenvalue weighted by atomic mass is 10.2. The molecule has 2 aromatic heterocycles. The van der Waals surface area contributed by atoms with Crippen molar-refractivity contribution in [3.8, 4) is 0 Å². The van der Waals surface area contributed by atoms with Gasteiger partial charge in [0.1, 0.15) is 5.82 Å². The second-order valence-corrected chi connectivity index (χ2v) is 8.85. The number of hydrogen-bond acceptors (Lipinski definition) is 3. The van der Waals surface area contributed by atoms with Crippen LogP contribution in [0.4, 0.5) is 0 Å². The van der Waals surface area contributed by atoms with Crippen molar-refractivity contribution in [2.24, 2.45) is 5.10 Å². The van der Waals surface area contributed by atoms with Crippen molar-refractivity contribution in [2.45, 2.75) is 65.3 Å². The minimum Gasteiger partial charge on any atom is -0.345 e. The molecule has 6 heteroatoms. The molecule has 5 nitrogen and oxygen atoms in total.